The standard InChI is InChI=1S/C17H22ClNO3/c1-12(2)9-10-21-16-17(3,4)15(20)19(22-16)11-13-7-5-6-8-14(13)18/h5-8,16H,1,9-11H2,2-4H3. The fourth-order valence-corrected chi connectivity index (χ4v) is 2.38. The van der Waals surface area contributed by atoms with E-state index in [2.05, 4.69) is 6.58 Å². The lowest BCUT2D eigenvalue weighted by Gasteiger charge is -2.21. The number of carbonyl (C=O) groups excluding carboxylic acids is 1. The number of rotatable bonds is 6. The Hall–Kier alpha value is -1.36. The van der Waals surface area contributed by atoms with Gasteiger partial charge in [-0.15, -0.1) is 6.58 Å². The molecule has 1 aliphatic heterocycles. The van der Waals surface area contributed by atoms with Crippen LogP contribution < -0.4 is 0 Å². The maximum Gasteiger partial charge on any atom is 0.257 e. The summed E-state index contributed by atoms with van der Waals surface area (Å²) in [6.07, 6.45) is 0.149. The predicted octanol–water partition coefficient (Wildman–Crippen LogP) is 3.95. The Labute approximate surface area is 136 Å². The van der Waals surface area contributed by atoms with Gasteiger partial charge in [-0.25, -0.2) is 9.90 Å². The van der Waals surface area contributed by atoms with Crippen LogP contribution in [0.2, 0.25) is 5.02 Å². The molecular formula is C17H22ClNO3. The Bertz CT molecular complexity index is 571. The number of amides is 1. The van der Waals surface area contributed by atoms with E-state index in [0.717, 1.165) is 17.6 Å². The number of hydrogen-bond donors (Lipinski definition) is 0. The van der Waals surface area contributed by atoms with Crippen LogP contribution in [0.25, 0.3) is 0 Å². The zero-order valence-corrected chi connectivity index (χ0v) is 14.0. The van der Waals surface area contributed by atoms with Crippen molar-refractivity contribution in [1.82, 2.24) is 5.06 Å². The Kier molecular flexibility index (Phi) is 5.27. The molecule has 0 radical (unpaired) electrons. The van der Waals surface area contributed by atoms with Crippen molar-refractivity contribution in [2.45, 2.75) is 40.0 Å². The van der Waals surface area contributed by atoms with E-state index >= 15 is 0 Å². The van der Waals surface area contributed by atoms with E-state index in [1.54, 1.807) is 6.07 Å². The van der Waals surface area contributed by atoms with E-state index in [4.69, 9.17) is 21.2 Å². The van der Waals surface area contributed by atoms with E-state index in [-0.39, 0.29) is 5.91 Å². The quantitative estimate of drug-likeness (QED) is 0.744. The van der Waals surface area contributed by atoms with E-state index in [0.29, 0.717) is 18.2 Å². The fourth-order valence-electron chi connectivity index (χ4n) is 2.19. The van der Waals surface area contributed by atoms with E-state index in [1.165, 1.54) is 5.06 Å². The Morgan fingerprint density at radius 1 is 1.45 bits per heavy atom. The molecule has 0 saturated carbocycles. The fraction of sp³-hybridized carbons (Fsp3) is 0.471. The highest BCUT2D eigenvalue weighted by Gasteiger charge is 2.50. The van der Waals surface area contributed by atoms with Crippen LogP contribution in [0.5, 0.6) is 0 Å². The van der Waals surface area contributed by atoms with Crippen LogP contribution in [-0.4, -0.2) is 23.9 Å². The average Bonchev–Trinajstić information content (AvgIpc) is 2.65. The zero-order chi connectivity index (χ0) is 16.3. The average molecular weight is 324 g/mol. The predicted molar refractivity (Wildman–Crippen MR) is 86.0 cm³/mol. The second-order valence-corrected chi connectivity index (χ2v) is 6.58. The molecule has 0 spiro atoms. The molecule has 0 N–H and O–H groups in total. The van der Waals surface area contributed by atoms with Crippen molar-refractivity contribution in [3.05, 3.63) is 47.0 Å². The van der Waals surface area contributed by atoms with Gasteiger partial charge in [-0.2, -0.15) is 0 Å². The Balaban J connectivity index is 2.04. The van der Waals surface area contributed by atoms with Gasteiger partial charge in [0.05, 0.1) is 18.6 Å². The molecule has 5 heteroatoms. The molecule has 1 aliphatic rings. The minimum atomic E-state index is -0.726. The van der Waals surface area contributed by atoms with E-state index in [1.807, 2.05) is 39.0 Å². The molecule has 1 unspecified atom stereocenters. The Morgan fingerprint density at radius 2 is 2.14 bits per heavy atom. The molecule has 0 bridgehead atoms. The zero-order valence-electron chi connectivity index (χ0n) is 13.3. The highest BCUT2D eigenvalue weighted by molar-refractivity contribution is 6.31. The second kappa shape index (κ2) is 6.82. The third-order valence-electron chi connectivity index (χ3n) is 3.66. The largest absolute Gasteiger partial charge is 0.349 e. The van der Waals surface area contributed by atoms with Gasteiger partial charge in [-0.05, 0) is 38.8 Å². The summed E-state index contributed by atoms with van der Waals surface area (Å²) in [5.74, 6) is -0.104. The summed E-state index contributed by atoms with van der Waals surface area (Å²) in [4.78, 5) is 18.2. The number of benzene rings is 1. The number of halogens is 1. The number of ether oxygens (including phenoxy) is 1. The third kappa shape index (κ3) is 3.69. The molecule has 0 aromatic heterocycles. The minimum absolute atomic E-state index is 0.104. The van der Waals surface area contributed by atoms with Crippen LogP contribution in [-0.2, 0) is 20.9 Å². The smallest absolute Gasteiger partial charge is 0.257 e. The summed E-state index contributed by atoms with van der Waals surface area (Å²) in [7, 11) is 0. The maximum absolute atomic E-state index is 12.5. The van der Waals surface area contributed by atoms with Crippen molar-refractivity contribution >= 4 is 17.5 Å². The summed E-state index contributed by atoms with van der Waals surface area (Å²) in [6.45, 7) is 10.2. The molecule has 1 heterocycles. The molecule has 2 rings (SSSR count). The first-order valence-electron chi connectivity index (χ1n) is 7.30. The summed E-state index contributed by atoms with van der Waals surface area (Å²) >= 11 is 6.14. The van der Waals surface area contributed by atoms with Gasteiger partial charge in [-0.1, -0.05) is 35.4 Å². The summed E-state index contributed by atoms with van der Waals surface area (Å²) < 4.78 is 5.72. The number of hydrogen-bond acceptors (Lipinski definition) is 3. The van der Waals surface area contributed by atoms with Gasteiger partial charge < -0.3 is 4.74 Å². The van der Waals surface area contributed by atoms with Crippen LogP contribution in [0, 0.1) is 5.41 Å². The van der Waals surface area contributed by atoms with Crippen molar-refractivity contribution in [1.29, 1.82) is 0 Å². The number of hydroxylamine groups is 2. The molecular weight excluding hydrogens is 302 g/mol. The summed E-state index contributed by atoms with van der Waals surface area (Å²) in [5.41, 5.74) is 1.15. The molecule has 1 saturated heterocycles. The second-order valence-electron chi connectivity index (χ2n) is 6.17. The molecule has 1 amide bonds. The first kappa shape index (κ1) is 17.0. The SMILES string of the molecule is C=C(C)CCOC1ON(Cc2ccccc2Cl)C(=O)C1(C)C. The molecule has 4 nitrogen and oxygen atoms in total. The van der Waals surface area contributed by atoms with Gasteiger partial charge in [0.1, 0.15) is 0 Å². The molecule has 0 aliphatic carbocycles. The summed E-state index contributed by atoms with van der Waals surface area (Å²) in [5, 5.41) is 1.95. The van der Waals surface area contributed by atoms with Gasteiger partial charge in [0.15, 0.2) is 6.29 Å². The van der Waals surface area contributed by atoms with Crippen LogP contribution >= 0.6 is 11.6 Å². The molecule has 1 atom stereocenters. The number of carbonyl (C=O) groups is 1. The lowest BCUT2D eigenvalue weighted by molar-refractivity contribution is -0.247. The van der Waals surface area contributed by atoms with Crippen LogP contribution in [0.4, 0.5) is 0 Å². The van der Waals surface area contributed by atoms with Gasteiger partial charge in [0, 0.05) is 5.02 Å². The first-order valence-corrected chi connectivity index (χ1v) is 7.68. The van der Waals surface area contributed by atoms with Gasteiger partial charge >= 0.3 is 0 Å². The van der Waals surface area contributed by atoms with Crippen molar-refractivity contribution in [3.8, 4) is 0 Å². The van der Waals surface area contributed by atoms with Gasteiger partial charge in [0.2, 0.25) is 0 Å². The molecule has 1 aromatic carbocycles. The van der Waals surface area contributed by atoms with Crippen LogP contribution in [0.1, 0.15) is 32.8 Å². The highest BCUT2D eigenvalue weighted by Crippen LogP contribution is 2.36. The van der Waals surface area contributed by atoms with Crippen LogP contribution in [0.15, 0.2) is 36.4 Å². The third-order valence-corrected chi connectivity index (χ3v) is 4.03. The maximum atomic E-state index is 12.5. The van der Waals surface area contributed by atoms with Crippen LogP contribution in [0.3, 0.4) is 0 Å². The summed E-state index contributed by atoms with van der Waals surface area (Å²) in [6, 6.07) is 7.41. The molecule has 120 valence electrons. The van der Waals surface area contributed by atoms with E-state index in [9.17, 15) is 4.79 Å². The lowest BCUT2D eigenvalue weighted by Crippen LogP contribution is -2.34. The highest BCUT2D eigenvalue weighted by atomic mass is 35.5. The minimum Gasteiger partial charge on any atom is -0.349 e. The molecule has 1 aromatic rings. The van der Waals surface area contributed by atoms with Crippen molar-refractivity contribution < 1.29 is 14.4 Å². The first-order chi connectivity index (χ1) is 10.3. The van der Waals surface area contributed by atoms with Crippen molar-refractivity contribution in [2.75, 3.05) is 6.61 Å². The molecule has 1 fully saturated rings. The number of nitrogens with zero attached hydrogens (tertiary/aromatic N) is 1. The monoisotopic (exact) mass is 323 g/mol. The van der Waals surface area contributed by atoms with Crippen molar-refractivity contribution in [3.63, 3.8) is 0 Å². The molecule has 22 heavy (non-hydrogen) atoms. The lowest BCUT2D eigenvalue weighted by atomic mass is 9.92. The van der Waals surface area contributed by atoms with Crippen molar-refractivity contribution in [2.24, 2.45) is 5.41 Å². The normalized spacial score (nSPS) is 20.5. The van der Waals surface area contributed by atoms with Gasteiger partial charge in [-0.3, -0.25) is 4.79 Å². The Morgan fingerprint density at radius 3 is 2.77 bits per heavy atom. The van der Waals surface area contributed by atoms with E-state index < -0.39 is 11.7 Å². The topological polar surface area (TPSA) is 38.8 Å². The van der Waals surface area contributed by atoms with Gasteiger partial charge in [0.25, 0.3) is 5.91 Å².